The molecule has 1 heterocycles. The number of hydrogen-bond donors (Lipinski definition) is 0. The molecule has 0 aromatic heterocycles. The predicted molar refractivity (Wildman–Crippen MR) is 56.5 cm³/mol. The van der Waals surface area contributed by atoms with Crippen molar-refractivity contribution in [3.8, 4) is 5.75 Å². The van der Waals surface area contributed by atoms with Crippen molar-refractivity contribution in [1.82, 2.24) is 0 Å². The van der Waals surface area contributed by atoms with Gasteiger partial charge in [0.25, 0.3) is 0 Å². The minimum Gasteiger partial charge on any atom is -0.496 e. The maximum absolute atomic E-state index is 11.2. The Kier molecular flexibility index (Phi) is 2.46. The molecule has 1 aromatic rings. The number of methoxy groups -OCH3 is 1. The van der Waals surface area contributed by atoms with Crippen molar-refractivity contribution in [2.75, 3.05) is 7.11 Å². The van der Waals surface area contributed by atoms with E-state index >= 15 is 0 Å². The molecular formula is C12H12O3. The SMILES string of the molecule is COc1cccc2c1C=CC(=O)OC2C. The first-order chi connectivity index (χ1) is 7.22. The topological polar surface area (TPSA) is 35.5 Å². The summed E-state index contributed by atoms with van der Waals surface area (Å²) in [5, 5.41) is 0. The van der Waals surface area contributed by atoms with Crippen LogP contribution in [-0.2, 0) is 9.53 Å². The fraction of sp³-hybridized carbons (Fsp3) is 0.250. The van der Waals surface area contributed by atoms with Crippen LogP contribution in [0.25, 0.3) is 6.08 Å². The summed E-state index contributed by atoms with van der Waals surface area (Å²) >= 11 is 0. The second-order valence-electron chi connectivity index (χ2n) is 3.38. The van der Waals surface area contributed by atoms with Gasteiger partial charge in [0.05, 0.1) is 7.11 Å². The van der Waals surface area contributed by atoms with E-state index in [4.69, 9.17) is 9.47 Å². The van der Waals surface area contributed by atoms with Crippen molar-refractivity contribution in [1.29, 1.82) is 0 Å². The molecule has 0 bridgehead atoms. The van der Waals surface area contributed by atoms with Gasteiger partial charge in [0.2, 0.25) is 0 Å². The molecule has 1 unspecified atom stereocenters. The van der Waals surface area contributed by atoms with Crippen molar-refractivity contribution in [2.24, 2.45) is 0 Å². The molecule has 0 saturated carbocycles. The van der Waals surface area contributed by atoms with E-state index < -0.39 is 0 Å². The Morgan fingerprint density at radius 3 is 2.87 bits per heavy atom. The average Bonchev–Trinajstić information content (AvgIpc) is 2.38. The molecule has 0 fully saturated rings. The standard InChI is InChI=1S/C12H12O3/c1-8-9-4-3-5-11(14-2)10(9)6-7-12(13)15-8/h3-8H,1-2H3. The second-order valence-corrected chi connectivity index (χ2v) is 3.38. The molecule has 3 nitrogen and oxygen atoms in total. The zero-order valence-electron chi connectivity index (χ0n) is 8.69. The molecule has 15 heavy (non-hydrogen) atoms. The quantitative estimate of drug-likeness (QED) is 0.658. The van der Waals surface area contributed by atoms with Gasteiger partial charge in [-0.3, -0.25) is 0 Å². The number of benzene rings is 1. The van der Waals surface area contributed by atoms with Crippen molar-refractivity contribution in [2.45, 2.75) is 13.0 Å². The van der Waals surface area contributed by atoms with Gasteiger partial charge in [0.1, 0.15) is 11.9 Å². The third-order valence-electron chi connectivity index (χ3n) is 2.44. The Bertz CT molecular complexity index is 421. The van der Waals surface area contributed by atoms with E-state index in [2.05, 4.69) is 0 Å². The highest BCUT2D eigenvalue weighted by Gasteiger charge is 2.18. The van der Waals surface area contributed by atoms with Crippen LogP contribution in [0.15, 0.2) is 24.3 Å². The van der Waals surface area contributed by atoms with E-state index in [1.807, 2.05) is 25.1 Å². The van der Waals surface area contributed by atoms with Gasteiger partial charge in [-0.15, -0.1) is 0 Å². The molecule has 78 valence electrons. The highest BCUT2D eigenvalue weighted by Crippen LogP contribution is 2.31. The van der Waals surface area contributed by atoms with Crippen molar-refractivity contribution in [3.63, 3.8) is 0 Å². The minimum atomic E-state index is -0.319. The summed E-state index contributed by atoms with van der Waals surface area (Å²) in [6, 6.07) is 5.69. The molecule has 0 N–H and O–H groups in total. The minimum absolute atomic E-state index is 0.238. The van der Waals surface area contributed by atoms with Crippen molar-refractivity contribution < 1.29 is 14.3 Å². The van der Waals surface area contributed by atoms with Crippen LogP contribution in [-0.4, -0.2) is 13.1 Å². The van der Waals surface area contributed by atoms with Gasteiger partial charge < -0.3 is 9.47 Å². The molecule has 0 amide bonds. The van der Waals surface area contributed by atoms with Gasteiger partial charge in [0.15, 0.2) is 0 Å². The fourth-order valence-electron chi connectivity index (χ4n) is 1.70. The van der Waals surface area contributed by atoms with Crippen LogP contribution in [0.2, 0.25) is 0 Å². The number of rotatable bonds is 1. The third-order valence-corrected chi connectivity index (χ3v) is 2.44. The van der Waals surface area contributed by atoms with Crippen LogP contribution in [0.4, 0.5) is 0 Å². The Hall–Kier alpha value is -1.77. The maximum atomic E-state index is 11.2. The van der Waals surface area contributed by atoms with Gasteiger partial charge in [-0.05, 0) is 19.1 Å². The highest BCUT2D eigenvalue weighted by molar-refractivity contribution is 5.89. The van der Waals surface area contributed by atoms with E-state index in [0.29, 0.717) is 0 Å². The molecule has 1 atom stereocenters. The summed E-state index contributed by atoms with van der Waals surface area (Å²) in [7, 11) is 1.61. The number of cyclic esters (lactones) is 1. The largest absolute Gasteiger partial charge is 0.496 e. The first-order valence-corrected chi connectivity index (χ1v) is 4.78. The second kappa shape index (κ2) is 3.77. The fourth-order valence-corrected chi connectivity index (χ4v) is 1.70. The van der Waals surface area contributed by atoms with Crippen molar-refractivity contribution >= 4 is 12.0 Å². The molecular weight excluding hydrogens is 192 g/mol. The zero-order valence-corrected chi connectivity index (χ0v) is 8.69. The molecule has 0 saturated heterocycles. The first-order valence-electron chi connectivity index (χ1n) is 4.78. The summed E-state index contributed by atoms with van der Waals surface area (Å²) in [6.45, 7) is 1.85. The summed E-state index contributed by atoms with van der Waals surface area (Å²) < 4.78 is 10.4. The number of carbonyl (C=O) groups is 1. The Balaban J connectivity index is 2.57. The van der Waals surface area contributed by atoms with Crippen LogP contribution < -0.4 is 4.74 Å². The third kappa shape index (κ3) is 1.73. The summed E-state index contributed by atoms with van der Waals surface area (Å²) in [6.07, 6.45) is 2.92. The van der Waals surface area contributed by atoms with E-state index in [-0.39, 0.29) is 12.1 Å². The maximum Gasteiger partial charge on any atom is 0.331 e. The molecule has 1 aliphatic heterocycles. The van der Waals surface area contributed by atoms with Crippen LogP contribution in [0, 0.1) is 0 Å². The van der Waals surface area contributed by atoms with E-state index in [1.54, 1.807) is 13.2 Å². The average molecular weight is 204 g/mol. The van der Waals surface area contributed by atoms with Gasteiger partial charge in [0, 0.05) is 17.2 Å². The Labute approximate surface area is 88.3 Å². The number of carbonyl (C=O) groups excluding carboxylic acids is 1. The normalized spacial score (nSPS) is 19.1. The Morgan fingerprint density at radius 1 is 1.33 bits per heavy atom. The van der Waals surface area contributed by atoms with E-state index in [0.717, 1.165) is 16.9 Å². The lowest BCUT2D eigenvalue weighted by atomic mass is 10.0. The van der Waals surface area contributed by atoms with Gasteiger partial charge in [-0.2, -0.15) is 0 Å². The van der Waals surface area contributed by atoms with Crippen LogP contribution in [0.1, 0.15) is 24.2 Å². The van der Waals surface area contributed by atoms with Crippen LogP contribution in [0.5, 0.6) is 5.75 Å². The molecule has 0 spiro atoms. The molecule has 3 heteroatoms. The lowest BCUT2D eigenvalue weighted by molar-refractivity contribution is -0.142. The number of ether oxygens (including phenoxy) is 2. The zero-order chi connectivity index (χ0) is 10.8. The van der Waals surface area contributed by atoms with E-state index in [9.17, 15) is 4.79 Å². The highest BCUT2D eigenvalue weighted by atomic mass is 16.5. The van der Waals surface area contributed by atoms with Gasteiger partial charge in [-0.25, -0.2) is 4.79 Å². The molecule has 2 rings (SSSR count). The first kappa shape index (κ1) is 9.77. The summed E-state index contributed by atoms with van der Waals surface area (Å²) in [5.74, 6) is 0.439. The Morgan fingerprint density at radius 2 is 2.13 bits per heavy atom. The smallest absolute Gasteiger partial charge is 0.331 e. The molecule has 0 radical (unpaired) electrons. The number of fused-ring (bicyclic) bond motifs is 1. The molecule has 0 aliphatic carbocycles. The van der Waals surface area contributed by atoms with Crippen molar-refractivity contribution in [3.05, 3.63) is 35.4 Å². The van der Waals surface area contributed by atoms with Crippen LogP contribution in [0.3, 0.4) is 0 Å². The van der Waals surface area contributed by atoms with Gasteiger partial charge >= 0.3 is 5.97 Å². The molecule has 1 aliphatic rings. The molecule has 1 aromatic carbocycles. The number of esters is 1. The summed E-state index contributed by atoms with van der Waals surface area (Å²) in [5.41, 5.74) is 1.88. The van der Waals surface area contributed by atoms with Crippen LogP contribution >= 0.6 is 0 Å². The lowest BCUT2D eigenvalue weighted by Gasteiger charge is -2.14. The lowest BCUT2D eigenvalue weighted by Crippen LogP contribution is -2.04. The van der Waals surface area contributed by atoms with E-state index in [1.165, 1.54) is 6.08 Å². The monoisotopic (exact) mass is 204 g/mol. The predicted octanol–water partition coefficient (Wildman–Crippen LogP) is 2.33. The number of hydrogen-bond acceptors (Lipinski definition) is 3. The summed E-state index contributed by atoms with van der Waals surface area (Å²) in [4.78, 5) is 11.2. The van der Waals surface area contributed by atoms with Gasteiger partial charge in [-0.1, -0.05) is 12.1 Å².